The standard InChI is InChI=1S/C8H17F2N3/c1-13(2)5-6-3-4-8(9,10)7(11)12-6/h6-7,12H,3-5,11H2,1-2H3. The van der Waals surface area contributed by atoms with Crippen LogP contribution in [0.4, 0.5) is 8.78 Å². The molecule has 0 amide bonds. The zero-order valence-electron chi connectivity index (χ0n) is 8.06. The molecule has 13 heavy (non-hydrogen) atoms. The molecule has 2 unspecified atom stereocenters. The molecule has 0 radical (unpaired) electrons. The SMILES string of the molecule is CN(C)CC1CCC(F)(F)C(N)N1. The van der Waals surface area contributed by atoms with Crippen LogP contribution in [-0.2, 0) is 0 Å². The fraction of sp³-hybridized carbons (Fsp3) is 1.00. The molecule has 5 heteroatoms. The third kappa shape index (κ3) is 2.86. The molecular formula is C8H17F2N3. The quantitative estimate of drug-likeness (QED) is 0.659. The Kier molecular flexibility index (Phi) is 3.21. The summed E-state index contributed by atoms with van der Waals surface area (Å²) in [6.45, 7) is 0.754. The summed E-state index contributed by atoms with van der Waals surface area (Å²) in [6, 6.07) is 0.0876. The van der Waals surface area contributed by atoms with Crippen molar-refractivity contribution in [3.63, 3.8) is 0 Å². The van der Waals surface area contributed by atoms with Gasteiger partial charge in [0, 0.05) is 19.0 Å². The Morgan fingerprint density at radius 3 is 2.62 bits per heavy atom. The zero-order chi connectivity index (χ0) is 10.1. The van der Waals surface area contributed by atoms with Gasteiger partial charge in [-0.2, -0.15) is 0 Å². The van der Waals surface area contributed by atoms with Gasteiger partial charge in [0.05, 0.1) is 0 Å². The highest BCUT2D eigenvalue weighted by molar-refractivity contribution is 4.89. The average molecular weight is 193 g/mol. The Balaban J connectivity index is 2.42. The van der Waals surface area contributed by atoms with E-state index >= 15 is 0 Å². The predicted molar refractivity (Wildman–Crippen MR) is 47.6 cm³/mol. The van der Waals surface area contributed by atoms with Crippen molar-refractivity contribution in [3.05, 3.63) is 0 Å². The van der Waals surface area contributed by atoms with Crippen LogP contribution in [0.2, 0.25) is 0 Å². The second-order valence-corrected chi connectivity index (χ2v) is 3.90. The van der Waals surface area contributed by atoms with Crippen molar-refractivity contribution < 1.29 is 8.78 Å². The third-order valence-corrected chi connectivity index (χ3v) is 2.28. The molecule has 0 spiro atoms. The summed E-state index contributed by atoms with van der Waals surface area (Å²) >= 11 is 0. The molecule has 0 aromatic heterocycles. The van der Waals surface area contributed by atoms with Gasteiger partial charge in [0.1, 0.15) is 6.17 Å². The second kappa shape index (κ2) is 3.86. The van der Waals surface area contributed by atoms with Crippen LogP contribution in [0.15, 0.2) is 0 Å². The van der Waals surface area contributed by atoms with Gasteiger partial charge in [-0.1, -0.05) is 0 Å². The fourth-order valence-corrected chi connectivity index (χ4v) is 1.57. The first-order chi connectivity index (χ1) is 5.92. The zero-order valence-corrected chi connectivity index (χ0v) is 8.06. The van der Waals surface area contributed by atoms with Gasteiger partial charge in [-0.15, -0.1) is 0 Å². The van der Waals surface area contributed by atoms with E-state index in [2.05, 4.69) is 5.32 Å². The minimum atomic E-state index is -2.75. The van der Waals surface area contributed by atoms with E-state index in [0.29, 0.717) is 6.42 Å². The van der Waals surface area contributed by atoms with Crippen LogP contribution >= 0.6 is 0 Å². The first-order valence-electron chi connectivity index (χ1n) is 4.46. The van der Waals surface area contributed by atoms with Gasteiger partial charge in [-0.25, -0.2) is 8.78 Å². The summed E-state index contributed by atoms with van der Waals surface area (Å²) in [5.41, 5.74) is 5.30. The Morgan fingerprint density at radius 2 is 2.15 bits per heavy atom. The smallest absolute Gasteiger partial charge is 0.275 e. The molecule has 1 heterocycles. The van der Waals surface area contributed by atoms with Crippen molar-refractivity contribution in [2.75, 3.05) is 20.6 Å². The molecule has 78 valence electrons. The number of rotatable bonds is 2. The van der Waals surface area contributed by atoms with Gasteiger partial charge >= 0.3 is 0 Å². The fourth-order valence-electron chi connectivity index (χ4n) is 1.57. The Labute approximate surface area is 77.3 Å². The number of alkyl halides is 2. The van der Waals surface area contributed by atoms with E-state index in [1.165, 1.54) is 0 Å². The molecule has 0 aromatic rings. The van der Waals surface area contributed by atoms with E-state index in [0.717, 1.165) is 6.54 Å². The van der Waals surface area contributed by atoms with E-state index < -0.39 is 12.1 Å². The van der Waals surface area contributed by atoms with Gasteiger partial charge in [-0.05, 0) is 20.5 Å². The van der Waals surface area contributed by atoms with E-state index in [4.69, 9.17) is 5.73 Å². The van der Waals surface area contributed by atoms with Crippen molar-refractivity contribution in [1.29, 1.82) is 0 Å². The topological polar surface area (TPSA) is 41.3 Å². The third-order valence-electron chi connectivity index (χ3n) is 2.28. The molecule has 0 saturated carbocycles. The lowest BCUT2D eigenvalue weighted by Crippen LogP contribution is -2.60. The Hall–Kier alpha value is -0.260. The summed E-state index contributed by atoms with van der Waals surface area (Å²) < 4.78 is 25.8. The number of nitrogens with two attached hydrogens (primary N) is 1. The summed E-state index contributed by atoms with van der Waals surface area (Å²) in [4.78, 5) is 1.97. The van der Waals surface area contributed by atoms with Crippen LogP contribution in [0.5, 0.6) is 0 Å². The summed E-state index contributed by atoms with van der Waals surface area (Å²) in [5, 5.41) is 2.72. The van der Waals surface area contributed by atoms with Crippen LogP contribution in [0, 0.1) is 0 Å². The lowest BCUT2D eigenvalue weighted by atomic mass is 9.99. The van der Waals surface area contributed by atoms with E-state index in [1.54, 1.807) is 0 Å². The number of nitrogens with one attached hydrogen (secondary N) is 1. The minimum absolute atomic E-state index is 0.0876. The maximum absolute atomic E-state index is 12.9. The highest BCUT2D eigenvalue weighted by Gasteiger charge is 2.42. The van der Waals surface area contributed by atoms with E-state index in [-0.39, 0.29) is 12.5 Å². The van der Waals surface area contributed by atoms with E-state index in [9.17, 15) is 8.78 Å². The van der Waals surface area contributed by atoms with Crippen LogP contribution < -0.4 is 11.1 Å². The van der Waals surface area contributed by atoms with Crippen LogP contribution in [0.1, 0.15) is 12.8 Å². The van der Waals surface area contributed by atoms with Crippen molar-refractivity contribution in [2.45, 2.75) is 31.0 Å². The number of hydrogen-bond donors (Lipinski definition) is 2. The van der Waals surface area contributed by atoms with Crippen molar-refractivity contribution in [2.24, 2.45) is 5.73 Å². The van der Waals surface area contributed by atoms with Crippen LogP contribution in [0.3, 0.4) is 0 Å². The largest absolute Gasteiger partial charge is 0.311 e. The molecule has 1 aliphatic heterocycles. The normalized spacial score (nSPS) is 33.7. The van der Waals surface area contributed by atoms with E-state index in [1.807, 2.05) is 19.0 Å². The summed E-state index contributed by atoms with van der Waals surface area (Å²) in [5.74, 6) is -2.75. The lowest BCUT2D eigenvalue weighted by Gasteiger charge is -2.36. The molecule has 1 rings (SSSR count). The van der Waals surface area contributed by atoms with Gasteiger partial charge in [0.15, 0.2) is 0 Å². The number of likely N-dealkylation sites (N-methyl/N-ethyl adjacent to an activating group) is 1. The molecule has 3 nitrogen and oxygen atoms in total. The number of piperidine rings is 1. The predicted octanol–water partition coefficient (Wildman–Crippen LogP) is 0.220. The van der Waals surface area contributed by atoms with Gasteiger partial charge in [-0.3, -0.25) is 5.32 Å². The van der Waals surface area contributed by atoms with Crippen molar-refractivity contribution in [1.82, 2.24) is 10.2 Å². The monoisotopic (exact) mass is 193 g/mol. The second-order valence-electron chi connectivity index (χ2n) is 3.90. The Bertz CT molecular complexity index is 173. The molecule has 2 atom stereocenters. The van der Waals surface area contributed by atoms with Crippen molar-refractivity contribution in [3.8, 4) is 0 Å². The van der Waals surface area contributed by atoms with Gasteiger partial charge in [0.2, 0.25) is 0 Å². The average Bonchev–Trinajstić information content (AvgIpc) is 1.97. The van der Waals surface area contributed by atoms with Crippen LogP contribution in [-0.4, -0.2) is 43.7 Å². The molecule has 0 bridgehead atoms. The minimum Gasteiger partial charge on any atom is -0.311 e. The lowest BCUT2D eigenvalue weighted by molar-refractivity contribution is -0.0696. The molecular weight excluding hydrogens is 176 g/mol. The van der Waals surface area contributed by atoms with Crippen molar-refractivity contribution >= 4 is 0 Å². The summed E-state index contributed by atoms with van der Waals surface area (Å²) in [6.07, 6.45) is -0.815. The molecule has 1 saturated heterocycles. The number of hydrogen-bond acceptors (Lipinski definition) is 3. The molecule has 1 aliphatic rings. The number of nitrogens with zero attached hydrogens (tertiary/aromatic N) is 1. The molecule has 3 N–H and O–H groups in total. The summed E-state index contributed by atoms with van der Waals surface area (Å²) in [7, 11) is 3.83. The number of halogens is 2. The maximum atomic E-state index is 12.9. The first kappa shape index (κ1) is 10.8. The highest BCUT2D eigenvalue weighted by atomic mass is 19.3. The van der Waals surface area contributed by atoms with Gasteiger partial charge < -0.3 is 10.6 Å². The highest BCUT2D eigenvalue weighted by Crippen LogP contribution is 2.27. The molecule has 1 fully saturated rings. The van der Waals surface area contributed by atoms with Crippen LogP contribution in [0.25, 0.3) is 0 Å². The Morgan fingerprint density at radius 1 is 1.54 bits per heavy atom. The maximum Gasteiger partial charge on any atom is 0.275 e. The van der Waals surface area contributed by atoms with Gasteiger partial charge in [0.25, 0.3) is 5.92 Å². The molecule has 0 aliphatic carbocycles. The first-order valence-corrected chi connectivity index (χ1v) is 4.46. The molecule has 0 aromatic carbocycles.